The van der Waals surface area contributed by atoms with Crippen molar-refractivity contribution in [2.24, 2.45) is 0 Å². The Morgan fingerprint density at radius 1 is 1.03 bits per heavy atom. The number of hydrogen-bond donors (Lipinski definition) is 1. The summed E-state index contributed by atoms with van der Waals surface area (Å²) in [7, 11) is 1.64. The molecule has 1 aliphatic carbocycles. The van der Waals surface area contributed by atoms with Gasteiger partial charge in [0.2, 0.25) is 5.95 Å². The van der Waals surface area contributed by atoms with Crippen LogP contribution in [0.15, 0.2) is 36.4 Å². The third kappa shape index (κ3) is 4.62. The molecule has 1 amide bonds. The topological polar surface area (TPSA) is 92.7 Å². The number of pyridine rings is 1. The summed E-state index contributed by atoms with van der Waals surface area (Å²) in [5.74, 6) is 1.52. The minimum Gasteiger partial charge on any atom is -0.377 e. The normalized spacial score (nSPS) is 24.1. The van der Waals surface area contributed by atoms with Crippen molar-refractivity contribution in [3.63, 3.8) is 0 Å². The molecule has 37 heavy (non-hydrogen) atoms. The molecule has 1 N–H and O–H groups in total. The lowest BCUT2D eigenvalue weighted by Gasteiger charge is -2.44. The van der Waals surface area contributed by atoms with E-state index in [9.17, 15) is 4.79 Å². The van der Waals surface area contributed by atoms with Crippen LogP contribution in [0, 0.1) is 0 Å². The van der Waals surface area contributed by atoms with Crippen molar-refractivity contribution < 1.29 is 14.3 Å². The Morgan fingerprint density at radius 2 is 1.89 bits per heavy atom. The van der Waals surface area contributed by atoms with Crippen molar-refractivity contribution in [1.29, 1.82) is 0 Å². The van der Waals surface area contributed by atoms with E-state index >= 15 is 0 Å². The zero-order chi connectivity index (χ0) is 25.4. The lowest BCUT2D eigenvalue weighted by atomic mass is 9.90. The second-order valence-corrected chi connectivity index (χ2v) is 10.1. The van der Waals surface area contributed by atoms with Crippen LogP contribution in [0.25, 0.3) is 22.3 Å². The van der Waals surface area contributed by atoms with Gasteiger partial charge in [0.05, 0.1) is 49.1 Å². The number of carbonyl (C=O) groups excluding carboxylic acids is 1. The lowest BCUT2D eigenvalue weighted by Crippen LogP contribution is -2.53. The molecular weight excluding hydrogens is 468 g/mol. The van der Waals surface area contributed by atoms with E-state index in [0.29, 0.717) is 37.1 Å². The quantitative estimate of drug-likeness (QED) is 0.580. The van der Waals surface area contributed by atoms with Gasteiger partial charge in [0.25, 0.3) is 5.91 Å². The average molecular weight is 503 g/mol. The second kappa shape index (κ2) is 10.2. The fourth-order valence-electron chi connectivity index (χ4n) is 5.84. The van der Waals surface area contributed by atoms with Gasteiger partial charge in [-0.1, -0.05) is 25.0 Å². The van der Waals surface area contributed by atoms with Gasteiger partial charge in [-0.2, -0.15) is 9.97 Å². The third-order valence-corrected chi connectivity index (χ3v) is 7.80. The highest BCUT2D eigenvalue weighted by Gasteiger charge is 2.36. The van der Waals surface area contributed by atoms with Gasteiger partial charge in [0, 0.05) is 31.3 Å². The highest BCUT2D eigenvalue weighted by Crippen LogP contribution is 2.34. The molecule has 2 aromatic heterocycles. The van der Waals surface area contributed by atoms with Crippen LogP contribution in [0.3, 0.4) is 0 Å². The summed E-state index contributed by atoms with van der Waals surface area (Å²) >= 11 is 0. The monoisotopic (exact) mass is 502 g/mol. The summed E-state index contributed by atoms with van der Waals surface area (Å²) < 4.78 is 11.8. The van der Waals surface area contributed by atoms with E-state index in [1.54, 1.807) is 13.1 Å². The predicted molar refractivity (Wildman–Crippen MR) is 143 cm³/mol. The molecule has 194 valence electrons. The van der Waals surface area contributed by atoms with E-state index in [1.165, 1.54) is 12.8 Å². The molecule has 9 nitrogen and oxygen atoms in total. The van der Waals surface area contributed by atoms with Gasteiger partial charge in [-0.05, 0) is 44.0 Å². The van der Waals surface area contributed by atoms with E-state index < -0.39 is 0 Å². The first kappa shape index (κ1) is 24.1. The Hall–Kier alpha value is -3.30. The number of carbonyl (C=O) groups is 1. The Balaban J connectivity index is 1.46. The van der Waals surface area contributed by atoms with E-state index in [1.807, 2.05) is 24.3 Å². The number of fused-ring (bicyclic) bond motifs is 2. The molecule has 0 radical (unpaired) electrons. The number of benzene rings is 1. The predicted octanol–water partition coefficient (Wildman–Crippen LogP) is 3.42. The summed E-state index contributed by atoms with van der Waals surface area (Å²) in [6.45, 7) is 5.75. The number of hydrogen-bond acceptors (Lipinski definition) is 8. The highest BCUT2D eigenvalue weighted by molar-refractivity contribution is 5.95. The zero-order valence-corrected chi connectivity index (χ0v) is 21.5. The average Bonchev–Trinajstić information content (AvgIpc) is 2.96. The minimum atomic E-state index is -0.120. The SMILES string of the molecule is CNC(=O)c1cccc(-c2ccc3c(N4CCOC[C@@H]4C)nc(N4CCO[C@@H]5CCCC[C@@H]54)nc3n2)c1. The Labute approximate surface area is 217 Å². The smallest absolute Gasteiger partial charge is 0.251 e. The Kier molecular flexibility index (Phi) is 6.65. The van der Waals surface area contributed by atoms with Crippen LogP contribution in [0.4, 0.5) is 11.8 Å². The van der Waals surface area contributed by atoms with Crippen molar-refractivity contribution in [2.45, 2.75) is 50.8 Å². The second-order valence-electron chi connectivity index (χ2n) is 10.1. The van der Waals surface area contributed by atoms with E-state index in [2.05, 4.69) is 28.1 Å². The number of anilines is 2. The molecule has 6 rings (SSSR count). The number of morpholine rings is 2. The van der Waals surface area contributed by atoms with Crippen molar-refractivity contribution in [1.82, 2.24) is 20.3 Å². The van der Waals surface area contributed by atoms with Crippen molar-refractivity contribution in [3.8, 4) is 11.3 Å². The highest BCUT2D eigenvalue weighted by atomic mass is 16.5. The molecular formula is C28H34N6O3. The van der Waals surface area contributed by atoms with Gasteiger partial charge in [0.15, 0.2) is 5.65 Å². The number of nitrogens with zero attached hydrogens (tertiary/aromatic N) is 5. The fraction of sp³-hybridized carbons (Fsp3) is 0.500. The summed E-state index contributed by atoms with van der Waals surface area (Å²) in [5.41, 5.74) is 2.93. The number of ether oxygens (including phenoxy) is 2. The molecule has 9 heteroatoms. The molecule has 0 bridgehead atoms. The van der Waals surface area contributed by atoms with E-state index in [0.717, 1.165) is 54.3 Å². The summed E-state index contributed by atoms with van der Waals surface area (Å²) in [5, 5.41) is 3.62. The van der Waals surface area contributed by atoms with Crippen LogP contribution >= 0.6 is 0 Å². The number of aromatic nitrogens is 3. The molecule has 2 aliphatic heterocycles. The number of amides is 1. The molecule has 4 heterocycles. The van der Waals surface area contributed by atoms with Crippen LogP contribution in [0.5, 0.6) is 0 Å². The van der Waals surface area contributed by atoms with Gasteiger partial charge < -0.3 is 24.6 Å². The molecule has 3 atom stereocenters. The van der Waals surface area contributed by atoms with Crippen molar-refractivity contribution in [3.05, 3.63) is 42.0 Å². The van der Waals surface area contributed by atoms with Gasteiger partial charge in [-0.15, -0.1) is 0 Å². The first-order chi connectivity index (χ1) is 18.1. The van der Waals surface area contributed by atoms with Crippen LogP contribution in [-0.4, -0.2) is 79.0 Å². The summed E-state index contributed by atoms with van der Waals surface area (Å²) in [6.07, 6.45) is 4.83. The van der Waals surface area contributed by atoms with Crippen LogP contribution in [-0.2, 0) is 9.47 Å². The maximum absolute atomic E-state index is 12.2. The zero-order valence-electron chi connectivity index (χ0n) is 21.5. The molecule has 0 spiro atoms. The molecule has 3 fully saturated rings. The number of nitrogens with one attached hydrogen (secondary N) is 1. The molecule has 1 aromatic carbocycles. The maximum Gasteiger partial charge on any atom is 0.251 e. The first-order valence-electron chi connectivity index (χ1n) is 13.4. The lowest BCUT2D eigenvalue weighted by molar-refractivity contribution is -0.00929. The maximum atomic E-state index is 12.2. The fourth-order valence-corrected chi connectivity index (χ4v) is 5.84. The Bertz CT molecular complexity index is 1300. The molecule has 3 aliphatic rings. The largest absolute Gasteiger partial charge is 0.377 e. The van der Waals surface area contributed by atoms with Crippen LogP contribution in [0.1, 0.15) is 43.0 Å². The Morgan fingerprint density at radius 3 is 2.76 bits per heavy atom. The third-order valence-electron chi connectivity index (χ3n) is 7.80. The standard InChI is InChI=1S/C28H34N6O3/c1-18-17-36-14-12-33(18)26-21-10-11-22(19-6-5-7-20(16-19)27(35)29-2)30-25(21)31-28(32-26)34-13-15-37-24-9-4-3-8-23(24)34/h5-7,10-11,16,18,23-24H,3-4,8-9,12-15,17H2,1-2H3,(H,29,35)/t18-,23-,24+/m0/s1. The van der Waals surface area contributed by atoms with Crippen LogP contribution < -0.4 is 15.1 Å². The summed E-state index contributed by atoms with van der Waals surface area (Å²) in [4.78, 5) is 32.1. The van der Waals surface area contributed by atoms with E-state index in [-0.39, 0.29) is 18.1 Å². The van der Waals surface area contributed by atoms with Crippen LogP contribution in [0.2, 0.25) is 0 Å². The van der Waals surface area contributed by atoms with Crippen molar-refractivity contribution >= 4 is 28.7 Å². The molecule has 2 saturated heterocycles. The minimum absolute atomic E-state index is 0.120. The van der Waals surface area contributed by atoms with Gasteiger partial charge in [-0.25, -0.2) is 4.98 Å². The molecule has 3 aromatic rings. The molecule has 0 unspecified atom stereocenters. The van der Waals surface area contributed by atoms with Gasteiger partial charge >= 0.3 is 0 Å². The van der Waals surface area contributed by atoms with E-state index in [4.69, 9.17) is 24.4 Å². The summed E-state index contributed by atoms with van der Waals surface area (Å²) in [6, 6.07) is 12.1. The van der Waals surface area contributed by atoms with Gasteiger partial charge in [0.1, 0.15) is 5.82 Å². The first-order valence-corrected chi connectivity index (χ1v) is 13.4. The van der Waals surface area contributed by atoms with Crippen molar-refractivity contribution in [2.75, 3.05) is 49.8 Å². The van der Waals surface area contributed by atoms with Gasteiger partial charge in [-0.3, -0.25) is 4.79 Å². The molecule has 1 saturated carbocycles. The number of rotatable bonds is 4.